The van der Waals surface area contributed by atoms with Gasteiger partial charge in [0, 0.05) is 29.8 Å². The lowest BCUT2D eigenvalue weighted by molar-refractivity contribution is 0.318. The molecule has 16 heavy (non-hydrogen) atoms. The third kappa shape index (κ3) is 2.85. The van der Waals surface area contributed by atoms with E-state index in [1.165, 1.54) is 5.69 Å². The summed E-state index contributed by atoms with van der Waals surface area (Å²) in [5.41, 5.74) is 1.18. The van der Waals surface area contributed by atoms with Crippen molar-refractivity contribution in [3.05, 3.63) is 46.7 Å². The molecule has 2 aromatic rings. The van der Waals surface area contributed by atoms with Gasteiger partial charge in [-0.15, -0.1) is 0 Å². The molecule has 3 nitrogen and oxygen atoms in total. The van der Waals surface area contributed by atoms with Gasteiger partial charge in [-0.3, -0.25) is 4.68 Å². The van der Waals surface area contributed by atoms with Gasteiger partial charge < -0.3 is 4.74 Å². The molecule has 1 aromatic heterocycles. The van der Waals surface area contributed by atoms with Crippen LogP contribution in [0.25, 0.3) is 0 Å². The van der Waals surface area contributed by atoms with E-state index in [0.29, 0.717) is 6.61 Å². The molecule has 1 heterocycles. The maximum atomic E-state index is 5.64. The molecule has 84 valence electrons. The summed E-state index contributed by atoms with van der Waals surface area (Å²) in [7, 11) is 1.94. The first kappa shape index (κ1) is 11.2. The van der Waals surface area contributed by atoms with E-state index in [9.17, 15) is 0 Å². The first-order valence-electron chi connectivity index (χ1n) is 5.11. The molecule has 0 aliphatic carbocycles. The van der Waals surface area contributed by atoms with Gasteiger partial charge >= 0.3 is 0 Å². The van der Waals surface area contributed by atoms with Crippen molar-refractivity contribution in [2.45, 2.75) is 6.42 Å². The topological polar surface area (TPSA) is 27.1 Å². The van der Waals surface area contributed by atoms with Gasteiger partial charge in [-0.05, 0) is 24.3 Å². The van der Waals surface area contributed by atoms with Gasteiger partial charge in [-0.25, -0.2) is 0 Å². The number of nitrogens with zero attached hydrogens (tertiary/aromatic N) is 2. The first-order valence-corrected chi connectivity index (χ1v) is 5.90. The van der Waals surface area contributed by atoms with Crippen molar-refractivity contribution in [3.8, 4) is 5.75 Å². The monoisotopic (exact) mass is 280 g/mol. The lowest BCUT2D eigenvalue weighted by atomic mass is 10.3. The fraction of sp³-hybridized carbons (Fsp3) is 0.250. The molecule has 0 aliphatic rings. The smallest absolute Gasteiger partial charge is 0.120 e. The second-order valence-electron chi connectivity index (χ2n) is 3.50. The maximum Gasteiger partial charge on any atom is 0.120 e. The van der Waals surface area contributed by atoms with Crippen LogP contribution < -0.4 is 4.74 Å². The van der Waals surface area contributed by atoms with Gasteiger partial charge in [-0.2, -0.15) is 5.10 Å². The van der Waals surface area contributed by atoms with Gasteiger partial charge in [0.05, 0.1) is 6.61 Å². The molecule has 0 unspecified atom stereocenters. The average molecular weight is 281 g/mol. The highest BCUT2D eigenvalue weighted by Gasteiger charge is 1.99. The zero-order valence-electron chi connectivity index (χ0n) is 9.06. The van der Waals surface area contributed by atoms with Crippen molar-refractivity contribution >= 4 is 15.9 Å². The molecule has 1 aromatic carbocycles. The molecule has 0 N–H and O–H groups in total. The summed E-state index contributed by atoms with van der Waals surface area (Å²) in [6.45, 7) is 0.663. The number of aryl methyl sites for hydroxylation is 1. The van der Waals surface area contributed by atoms with Crippen LogP contribution in [0.3, 0.4) is 0 Å². The minimum absolute atomic E-state index is 0.663. The van der Waals surface area contributed by atoms with E-state index in [1.807, 2.05) is 42.1 Å². The normalized spacial score (nSPS) is 10.4. The molecule has 2 rings (SSSR count). The third-order valence-corrected chi connectivity index (χ3v) is 2.84. The summed E-state index contributed by atoms with van der Waals surface area (Å²) < 4.78 is 8.54. The summed E-state index contributed by atoms with van der Waals surface area (Å²) in [5.74, 6) is 0.886. The standard InChI is InChI=1S/C12H13BrN2O/c1-15-11(5-7-14-15)6-8-16-12-4-2-3-10(13)9-12/h2-5,7,9H,6,8H2,1H3. The highest BCUT2D eigenvalue weighted by molar-refractivity contribution is 9.10. The number of hydrogen-bond acceptors (Lipinski definition) is 2. The molecule has 0 aliphatic heterocycles. The van der Waals surface area contributed by atoms with Crippen LogP contribution in [0.2, 0.25) is 0 Å². The van der Waals surface area contributed by atoms with E-state index in [-0.39, 0.29) is 0 Å². The largest absolute Gasteiger partial charge is 0.493 e. The van der Waals surface area contributed by atoms with Crippen molar-refractivity contribution in [1.82, 2.24) is 9.78 Å². The van der Waals surface area contributed by atoms with E-state index in [2.05, 4.69) is 21.0 Å². The van der Waals surface area contributed by atoms with Gasteiger partial charge in [0.25, 0.3) is 0 Å². The quantitative estimate of drug-likeness (QED) is 0.861. The van der Waals surface area contributed by atoms with Crippen LogP contribution in [0, 0.1) is 0 Å². The zero-order valence-corrected chi connectivity index (χ0v) is 10.6. The minimum Gasteiger partial charge on any atom is -0.493 e. The number of aromatic nitrogens is 2. The Morgan fingerprint density at radius 3 is 2.94 bits per heavy atom. The Bertz CT molecular complexity index is 468. The van der Waals surface area contributed by atoms with Gasteiger partial charge in [0.1, 0.15) is 5.75 Å². The summed E-state index contributed by atoms with van der Waals surface area (Å²) in [5, 5.41) is 4.11. The maximum absolute atomic E-state index is 5.64. The van der Waals surface area contributed by atoms with Gasteiger partial charge in [0.15, 0.2) is 0 Å². The number of rotatable bonds is 4. The molecule has 4 heteroatoms. The highest BCUT2D eigenvalue weighted by Crippen LogP contribution is 2.17. The van der Waals surface area contributed by atoms with Gasteiger partial charge in [0.2, 0.25) is 0 Å². The molecule has 0 spiro atoms. The van der Waals surface area contributed by atoms with E-state index in [0.717, 1.165) is 16.6 Å². The van der Waals surface area contributed by atoms with Crippen LogP contribution in [0.4, 0.5) is 0 Å². The Labute approximate surface area is 103 Å². The Hall–Kier alpha value is -1.29. The van der Waals surface area contributed by atoms with Crippen LogP contribution in [0.1, 0.15) is 5.69 Å². The fourth-order valence-electron chi connectivity index (χ4n) is 1.48. The Morgan fingerprint density at radius 1 is 1.38 bits per heavy atom. The predicted octanol–water partition coefficient (Wildman–Crippen LogP) is 2.80. The average Bonchev–Trinajstić information content (AvgIpc) is 2.65. The van der Waals surface area contributed by atoms with Crippen molar-refractivity contribution in [1.29, 1.82) is 0 Å². The van der Waals surface area contributed by atoms with Crippen LogP contribution in [-0.2, 0) is 13.5 Å². The number of halogens is 1. The highest BCUT2D eigenvalue weighted by atomic mass is 79.9. The van der Waals surface area contributed by atoms with Crippen LogP contribution in [0.15, 0.2) is 41.0 Å². The van der Waals surface area contributed by atoms with Crippen molar-refractivity contribution < 1.29 is 4.74 Å². The molecule has 0 bridgehead atoms. The van der Waals surface area contributed by atoms with E-state index >= 15 is 0 Å². The van der Waals surface area contributed by atoms with Gasteiger partial charge in [-0.1, -0.05) is 22.0 Å². The van der Waals surface area contributed by atoms with Crippen LogP contribution in [0.5, 0.6) is 5.75 Å². The molecular formula is C12H13BrN2O. The molecular weight excluding hydrogens is 268 g/mol. The number of benzene rings is 1. The lowest BCUT2D eigenvalue weighted by Gasteiger charge is -2.06. The van der Waals surface area contributed by atoms with E-state index < -0.39 is 0 Å². The van der Waals surface area contributed by atoms with Crippen LogP contribution >= 0.6 is 15.9 Å². The second-order valence-corrected chi connectivity index (χ2v) is 4.42. The SMILES string of the molecule is Cn1nccc1CCOc1cccc(Br)c1. The van der Waals surface area contributed by atoms with Crippen molar-refractivity contribution in [3.63, 3.8) is 0 Å². The Morgan fingerprint density at radius 2 is 2.25 bits per heavy atom. The predicted molar refractivity (Wildman–Crippen MR) is 66.5 cm³/mol. The van der Waals surface area contributed by atoms with E-state index in [4.69, 9.17) is 4.74 Å². The molecule has 0 atom stereocenters. The molecule has 0 saturated carbocycles. The van der Waals surface area contributed by atoms with Crippen molar-refractivity contribution in [2.75, 3.05) is 6.61 Å². The third-order valence-electron chi connectivity index (χ3n) is 2.35. The first-order chi connectivity index (χ1) is 7.75. The molecule has 0 amide bonds. The summed E-state index contributed by atoms with van der Waals surface area (Å²) in [4.78, 5) is 0. The summed E-state index contributed by atoms with van der Waals surface area (Å²) in [6, 6.07) is 9.86. The Kier molecular flexibility index (Phi) is 3.62. The molecule has 0 radical (unpaired) electrons. The van der Waals surface area contributed by atoms with Crippen molar-refractivity contribution in [2.24, 2.45) is 7.05 Å². The lowest BCUT2D eigenvalue weighted by Crippen LogP contribution is -2.05. The molecule has 0 saturated heterocycles. The second kappa shape index (κ2) is 5.16. The number of ether oxygens (including phenoxy) is 1. The summed E-state index contributed by atoms with van der Waals surface area (Å²) in [6.07, 6.45) is 2.66. The van der Waals surface area contributed by atoms with Crippen LogP contribution in [-0.4, -0.2) is 16.4 Å². The fourth-order valence-corrected chi connectivity index (χ4v) is 1.86. The Balaban J connectivity index is 1.87. The number of hydrogen-bond donors (Lipinski definition) is 0. The zero-order chi connectivity index (χ0) is 11.4. The molecule has 0 fully saturated rings. The van der Waals surface area contributed by atoms with E-state index in [1.54, 1.807) is 6.20 Å². The minimum atomic E-state index is 0.663. The summed E-state index contributed by atoms with van der Waals surface area (Å²) >= 11 is 3.41.